The Morgan fingerprint density at radius 3 is 2.44 bits per heavy atom. The quantitative estimate of drug-likeness (QED) is 0.769. The molecule has 0 unspecified atom stereocenters. The Labute approximate surface area is 108 Å². The lowest BCUT2D eigenvalue weighted by Gasteiger charge is -2.21. The standard InChI is InChI=1S/C16H18N2/c1-11-7-12(2)9-15(8-11)18-6-5-13-3-4-14(17)10-16(13)18/h3-4,7-10H,5-6,17H2,1-2H3. The minimum Gasteiger partial charge on any atom is -0.399 e. The molecule has 92 valence electrons. The highest BCUT2D eigenvalue weighted by Gasteiger charge is 2.20. The minimum atomic E-state index is 0.838. The number of anilines is 3. The van der Waals surface area contributed by atoms with Crippen molar-refractivity contribution in [1.82, 2.24) is 0 Å². The zero-order valence-corrected chi connectivity index (χ0v) is 10.9. The van der Waals surface area contributed by atoms with Crippen LogP contribution < -0.4 is 10.6 Å². The second kappa shape index (κ2) is 4.05. The van der Waals surface area contributed by atoms with E-state index in [1.807, 2.05) is 6.07 Å². The lowest BCUT2D eigenvalue weighted by Crippen LogP contribution is -2.13. The van der Waals surface area contributed by atoms with Crippen LogP contribution in [-0.2, 0) is 6.42 Å². The van der Waals surface area contributed by atoms with Gasteiger partial charge < -0.3 is 10.6 Å². The summed E-state index contributed by atoms with van der Waals surface area (Å²) in [4.78, 5) is 2.37. The van der Waals surface area contributed by atoms with E-state index in [-0.39, 0.29) is 0 Å². The number of nitrogens with zero attached hydrogens (tertiary/aromatic N) is 1. The first-order chi connectivity index (χ1) is 8.63. The summed E-state index contributed by atoms with van der Waals surface area (Å²) >= 11 is 0. The second-order valence-electron chi connectivity index (χ2n) is 5.14. The molecule has 0 aliphatic carbocycles. The van der Waals surface area contributed by atoms with Crippen LogP contribution in [0.5, 0.6) is 0 Å². The van der Waals surface area contributed by atoms with Crippen molar-refractivity contribution in [3.8, 4) is 0 Å². The van der Waals surface area contributed by atoms with Gasteiger partial charge in [-0.05, 0) is 61.2 Å². The smallest absolute Gasteiger partial charge is 0.0464 e. The second-order valence-corrected chi connectivity index (χ2v) is 5.14. The van der Waals surface area contributed by atoms with Crippen molar-refractivity contribution in [2.45, 2.75) is 20.3 Å². The van der Waals surface area contributed by atoms with Crippen LogP contribution in [0, 0.1) is 13.8 Å². The van der Waals surface area contributed by atoms with Crippen LogP contribution in [0.3, 0.4) is 0 Å². The summed E-state index contributed by atoms with van der Waals surface area (Å²) in [7, 11) is 0. The lowest BCUT2D eigenvalue weighted by molar-refractivity contribution is 0.996. The van der Waals surface area contributed by atoms with Gasteiger partial charge in [0.2, 0.25) is 0 Å². The summed E-state index contributed by atoms with van der Waals surface area (Å²) in [5, 5.41) is 0. The molecule has 1 aliphatic rings. The third-order valence-electron chi connectivity index (χ3n) is 3.52. The number of nitrogen functional groups attached to an aromatic ring is 1. The molecule has 0 amide bonds. The minimum absolute atomic E-state index is 0.838. The number of hydrogen-bond donors (Lipinski definition) is 1. The van der Waals surface area contributed by atoms with Crippen LogP contribution in [0.1, 0.15) is 16.7 Å². The summed E-state index contributed by atoms with van der Waals surface area (Å²) < 4.78 is 0. The van der Waals surface area contributed by atoms with Crippen molar-refractivity contribution >= 4 is 17.1 Å². The Balaban J connectivity index is 2.08. The topological polar surface area (TPSA) is 29.3 Å². The van der Waals surface area contributed by atoms with E-state index in [0.29, 0.717) is 0 Å². The van der Waals surface area contributed by atoms with E-state index in [1.54, 1.807) is 0 Å². The number of rotatable bonds is 1. The summed E-state index contributed by atoms with van der Waals surface area (Å²) in [5.74, 6) is 0. The molecule has 0 fully saturated rings. The van der Waals surface area contributed by atoms with Gasteiger partial charge in [-0.3, -0.25) is 0 Å². The first-order valence-corrected chi connectivity index (χ1v) is 6.38. The maximum atomic E-state index is 5.90. The fraction of sp³-hybridized carbons (Fsp3) is 0.250. The van der Waals surface area contributed by atoms with Gasteiger partial charge >= 0.3 is 0 Å². The van der Waals surface area contributed by atoms with Gasteiger partial charge in [0.05, 0.1) is 0 Å². The number of fused-ring (bicyclic) bond motifs is 1. The fourth-order valence-corrected chi connectivity index (χ4v) is 2.77. The van der Waals surface area contributed by atoms with Crippen LogP contribution in [0.25, 0.3) is 0 Å². The predicted molar refractivity (Wildman–Crippen MR) is 77.5 cm³/mol. The maximum absolute atomic E-state index is 5.90. The molecule has 2 aromatic carbocycles. The SMILES string of the molecule is Cc1cc(C)cc(N2CCc3ccc(N)cc32)c1. The van der Waals surface area contributed by atoms with Gasteiger partial charge in [0.1, 0.15) is 0 Å². The van der Waals surface area contributed by atoms with Gasteiger partial charge in [-0.25, -0.2) is 0 Å². The third-order valence-corrected chi connectivity index (χ3v) is 3.52. The van der Waals surface area contributed by atoms with Crippen molar-refractivity contribution in [2.24, 2.45) is 0 Å². The highest BCUT2D eigenvalue weighted by atomic mass is 15.2. The van der Waals surface area contributed by atoms with Gasteiger partial charge in [0, 0.05) is 23.6 Å². The van der Waals surface area contributed by atoms with Crippen LogP contribution in [0.2, 0.25) is 0 Å². The average molecular weight is 238 g/mol. The molecule has 2 heteroatoms. The van der Waals surface area contributed by atoms with Crippen LogP contribution in [-0.4, -0.2) is 6.54 Å². The van der Waals surface area contributed by atoms with E-state index in [4.69, 9.17) is 5.73 Å². The summed E-state index contributed by atoms with van der Waals surface area (Å²) in [5.41, 5.74) is 13.3. The molecule has 0 bridgehead atoms. The summed E-state index contributed by atoms with van der Waals surface area (Å²) in [6.45, 7) is 5.33. The van der Waals surface area contributed by atoms with E-state index in [9.17, 15) is 0 Å². The molecule has 0 radical (unpaired) electrons. The highest BCUT2D eigenvalue weighted by Crippen LogP contribution is 2.36. The molecule has 1 heterocycles. The highest BCUT2D eigenvalue weighted by molar-refractivity contribution is 5.73. The fourth-order valence-electron chi connectivity index (χ4n) is 2.77. The molecule has 3 rings (SSSR count). The zero-order valence-electron chi connectivity index (χ0n) is 10.9. The molecule has 18 heavy (non-hydrogen) atoms. The Morgan fingerprint density at radius 2 is 1.72 bits per heavy atom. The van der Waals surface area contributed by atoms with Crippen molar-refractivity contribution in [3.63, 3.8) is 0 Å². The molecule has 2 aromatic rings. The van der Waals surface area contributed by atoms with Gasteiger partial charge in [0.15, 0.2) is 0 Å². The molecule has 0 aromatic heterocycles. The van der Waals surface area contributed by atoms with E-state index < -0.39 is 0 Å². The van der Waals surface area contributed by atoms with E-state index in [0.717, 1.165) is 18.7 Å². The number of hydrogen-bond acceptors (Lipinski definition) is 2. The molecule has 0 saturated heterocycles. The molecular weight excluding hydrogens is 220 g/mol. The first kappa shape index (κ1) is 11.1. The Kier molecular flexibility index (Phi) is 2.51. The molecule has 0 atom stereocenters. The Morgan fingerprint density at radius 1 is 1.00 bits per heavy atom. The van der Waals surface area contributed by atoms with Crippen LogP contribution >= 0.6 is 0 Å². The van der Waals surface area contributed by atoms with E-state index >= 15 is 0 Å². The number of benzene rings is 2. The maximum Gasteiger partial charge on any atom is 0.0464 e. The predicted octanol–water partition coefficient (Wildman–Crippen LogP) is 3.58. The third kappa shape index (κ3) is 1.84. The average Bonchev–Trinajstić information content (AvgIpc) is 2.70. The molecule has 2 nitrogen and oxygen atoms in total. The molecule has 1 aliphatic heterocycles. The van der Waals surface area contributed by atoms with Gasteiger partial charge in [0.25, 0.3) is 0 Å². The van der Waals surface area contributed by atoms with Crippen molar-refractivity contribution in [1.29, 1.82) is 0 Å². The van der Waals surface area contributed by atoms with Crippen LogP contribution in [0.15, 0.2) is 36.4 Å². The Hall–Kier alpha value is -1.96. The van der Waals surface area contributed by atoms with Crippen molar-refractivity contribution in [3.05, 3.63) is 53.1 Å². The van der Waals surface area contributed by atoms with Crippen molar-refractivity contribution < 1.29 is 0 Å². The van der Waals surface area contributed by atoms with Gasteiger partial charge in [-0.1, -0.05) is 12.1 Å². The van der Waals surface area contributed by atoms with Gasteiger partial charge in [-0.2, -0.15) is 0 Å². The first-order valence-electron chi connectivity index (χ1n) is 6.38. The normalized spacial score (nSPS) is 13.8. The molecule has 0 spiro atoms. The molecule has 0 saturated carbocycles. The summed E-state index contributed by atoms with van der Waals surface area (Å²) in [6.07, 6.45) is 1.10. The monoisotopic (exact) mass is 238 g/mol. The zero-order chi connectivity index (χ0) is 12.7. The van der Waals surface area contributed by atoms with E-state index in [2.05, 4.69) is 49.1 Å². The number of aryl methyl sites for hydroxylation is 2. The summed E-state index contributed by atoms with van der Waals surface area (Å²) in [6, 6.07) is 12.9. The van der Waals surface area contributed by atoms with Gasteiger partial charge in [-0.15, -0.1) is 0 Å². The lowest BCUT2D eigenvalue weighted by atomic mass is 10.1. The van der Waals surface area contributed by atoms with Crippen LogP contribution in [0.4, 0.5) is 17.1 Å². The van der Waals surface area contributed by atoms with E-state index in [1.165, 1.54) is 28.1 Å². The van der Waals surface area contributed by atoms with Crippen molar-refractivity contribution in [2.75, 3.05) is 17.2 Å². The molecular formula is C16H18N2. The molecule has 2 N–H and O–H groups in total. The Bertz CT molecular complexity index is 582. The number of nitrogens with two attached hydrogens (primary N) is 1. The largest absolute Gasteiger partial charge is 0.399 e.